The largest absolute Gasteiger partial charge is 0.393 e. The van der Waals surface area contributed by atoms with Gasteiger partial charge in [0.25, 0.3) is 5.91 Å². The maximum Gasteiger partial charge on any atom is 0.257 e. The molecule has 2 aliphatic rings. The van der Waals surface area contributed by atoms with Gasteiger partial charge in [0.05, 0.1) is 6.61 Å². The number of β-amino-alcohol motifs (C(OH)–C–C–N with tert-alkyl or cyclic N) is 1. The Labute approximate surface area is 87.2 Å². The highest BCUT2D eigenvalue weighted by atomic mass is 16.8. The molecule has 2 fully saturated rings. The number of hydrogen-bond acceptors (Lipinski definition) is 5. The molecule has 3 N–H and O–H groups in total. The summed E-state index contributed by atoms with van der Waals surface area (Å²) in [4.78, 5) is 11.7. The Bertz CT molecular complexity index is 292. The van der Waals surface area contributed by atoms with Gasteiger partial charge in [-0.05, 0) is 13.8 Å². The molecule has 0 aliphatic carbocycles. The summed E-state index contributed by atoms with van der Waals surface area (Å²) in [5, 5.41) is 21.5. The number of amides is 1. The first-order chi connectivity index (χ1) is 6.91. The van der Waals surface area contributed by atoms with Crippen LogP contribution in [0.1, 0.15) is 13.8 Å². The van der Waals surface area contributed by atoms with Crippen molar-refractivity contribution in [1.29, 1.82) is 0 Å². The number of rotatable bonds is 1. The minimum atomic E-state index is -1.47. The Balaban J connectivity index is 2.37. The van der Waals surface area contributed by atoms with E-state index in [0.29, 0.717) is 0 Å². The highest BCUT2D eigenvalue weighted by molar-refractivity contribution is 5.87. The Morgan fingerprint density at radius 1 is 1.60 bits per heavy atom. The van der Waals surface area contributed by atoms with Gasteiger partial charge in [0.2, 0.25) is 5.60 Å². The molecule has 15 heavy (non-hydrogen) atoms. The number of piperidine rings is 1. The zero-order valence-electron chi connectivity index (χ0n) is 8.69. The molecule has 6 nitrogen and oxygen atoms in total. The van der Waals surface area contributed by atoms with E-state index in [4.69, 9.17) is 9.47 Å². The second-order valence-corrected chi connectivity index (χ2v) is 4.37. The van der Waals surface area contributed by atoms with Crippen molar-refractivity contribution in [2.75, 3.05) is 13.2 Å². The van der Waals surface area contributed by atoms with Crippen LogP contribution in [-0.4, -0.2) is 52.9 Å². The lowest BCUT2D eigenvalue weighted by Crippen LogP contribution is -2.66. The van der Waals surface area contributed by atoms with Gasteiger partial charge < -0.3 is 25.0 Å². The molecular weight excluding hydrogens is 202 g/mol. The van der Waals surface area contributed by atoms with E-state index in [0.717, 1.165) is 0 Å². The van der Waals surface area contributed by atoms with Crippen molar-refractivity contribution in [2.45, 2.75) is 37.4 Å². The van der Waals surface area contributed by atoms with Crippen molar-refractivity contribution in [2.24, 2.45) is 0 Å². The molecule has 0 spiro atoms. The van der Waals surface area contributed by atoms with Crippen LogP contribution in [0.2, 0.25) is 0 Å². The van der Waals surface area contributed by atoms with Crippen molar-refractivity contribution in [3.8, 4) is 0 Å². The van der Waals surface area contributed by atoms with Crippen LogP contribution in [-0.2, 0) is 14.3 Å². The van der Waals surface area contributed by atoms with Gasteiger partial charge in [-0.15, -0.1) is 0 Å². The molecule has 0 saturated carbocycles. The molecule has 2 rings (SSSR count). The number of fused-ring (bicyclic) bond motifs is 1. The predicted molar refractivity (Wildman–Crippen MR) is 48.9 cm³/mol. The topological polar surface area (TPSA) is 88.0 Å². The van der Waals surface area contributed by atoms with Crippen LogP contribution in [0.15, 0.2) is 0 Å². The molecule has 2 heterocycles. The average molecular weight is 217 g/mol. The maximum absolute atomic E-state index is 11.7. The lowest BCUT2D eigenvalue weighted by Gasteiger charge is -2.36. The molecular formula is C9H15NO5. The summed E-state index contributed by atoms with van der Waals surface area (Å²) in [6, 6.07) is 0. The van der Waals surface area contributed by atoms with E-state index in [9.17, 15) is 15.0 Å². The quantitative estimate of drug-likeness (QED) is 0.490. The number of ether oxygens (including phenoxy) is 2. The Morgan fingerprint density at radius 2 is 2.27 bits per heavy atom. The van der Waals surface area contributed by atoms with Crippen LogP contribution in [0.3, 0.4) is 0 Å². The molecule has 2 aliphatic heterocycles. The van der Waals surface area contributed by atoms with Gasteiger partial charge in [-0.25, -0.2) is 0 Å². The van der Waals surface area contributed by atoms with E-state index in [1.54, 1.807) is 13.8 Å². The Hall–Kier alpha value is -0.690. The molecule has 3 atom stereocenters. The molecule has 2 saturated heterocycles. The van der Waals surface area contributed by atoms with E-state index in [-0.39, 0.29) is 6.54 Å². The maximum atomic E-state index is 11.7. The smallest absolute Gasteiger partial charge is 0.257 e. The molecule has 0 aromatic rings. The second-order valence-electron chi connectivity index (χ2n) is 4.37. The monoisotopic (exact) mass is 217 g/mol. The van der Waals surface area contributed by atoms with Gasteiger partial charge in [0.15, 0.2) is 5.79 Å². The Kier molecular flexibility index (Phi) is 2.27. The minimum Gasteiger partial charge on any atom is -0.393 e. The lowest BCUT2D eigenvalue weighted by atomic mass is 9.89. The van der Waals surface area contributed by atoms with Crippen molar-refractivity contribution >= 4 is 5.91 Å². The first-order valence-electron chi connectivity index (χ1n) is 4.86. The molecule has 6 heteroatoms. The highest BCUT2D eigenvalue weighted by Gasteiger charge is 2.62. The average Bonchev–Trinajstić information content (AvgIpc) is 2.46. The van der Waals surface area contributed by atoms with Gasteiger partial charge in [0, 0.05) is 6.54 Å². The van der Waals surface area contributed by atoms with Crippen LogP contribution in [0.4, 0.5) is 0 Å². The third-order valence-corrected chi connectivity index (χ3v) is 2.74. The van der Waals surface area contributed by atoms with E-state index >= 15 is 0 Å². The van der Waals surface area contributed by atoms with Gasteiger partial charge in [-0.2, -0.15) is 0 Å². The molecule has 1 amide bonds. The molecule has 3 unspecified atom stereocenters. The number of carbonyl (C=O) groups excluding carboxylic acids is 1. The van der Waals surface area contributed by atoms with Crippen LogP contribution in [0, 0.1) is 0 Å². The third-order valence-electron chi connectivity index (χ3n) is 2.74. The van der Waals surface area contributed by atoms with Gasteiger partial charge in [0.1, 0.15) is 12.2 Å². The zero-order chi connectivity index (χ0) is 11.3. The van der Waals surface area contributed by atoms with Crippen LogP contribution in [0.5, 0.6) is 0 Å². The predicted octanol–water partition coefficient (Wildman–Crippen LogP) is -1.64. The van der Waals surface area contributed by atoms with E-state index in [2.05, 4.69) is 5.32 Å². The molecule has 0 aromatic carbocycles. The number of nitrogens with one attached hydrogen (secondary N) is 1. The van der Waals surface area contributed by atoms with Gasteiger partial charge in [-0.3, -0.25) is 4.79 Å². The van der Waals surface area contributed by atoms with Gasteiger partial charge in [-0.1, -0.05) is 0 Å². The summed E-state index contributed by atoms with van der Waals surface area (Å²) in [5.41, 5.74) is -1.47. The molecule has 0 aromatic heterocycles. The molecule has 0 bridgehead atoms. The first-order valence-corrected chi connectivity index (χ1v) is 4.86. The van der Waals surface area contributed by atoms with E-state index in [1.807, 2.05) is 0 Å². The zero-order valence-corrected chi connectivity index (χ0v) is 8.69. The fraction of sp³-hybridized carbons (Fsp3) is 0.889. The van der Waals surface area contributed by atoms with Crippen molar-refractivity contribution < 1.29 is 24.5 Å². The normalized spacial score (nSPS) is 43.6. The number of aliphatic hydroxyl groups excluding tert-OH is 2. The van der Waals surface area contributed by atoms with E-state index < -0.39 is 36.1 Å². The standard InChI is InChI=1S/C9H15NO5/c1-8(2)14-6-5(12)3-10-7(13)9(6,4-11)15-8/h5-6,11-12H,3-4H2,1-2H3,(H,10,13). The second kappa shape index (κ2) is 3.15. The number of hydrogen-bond donors (Lipinski definition) is 3. The van der Waals surface area contributed by atoms with Crippen molar-refractivity contribution in [3.05, 3.63) is 0 Å². The van der Waals surface area contributed by atoms with Crippen molar-refractivity contribution in [3.63, 3.8) is 0 Å². The third kappa shape index (κ3) is 1.45. The van der Waals surface area contributed by atoms with Crippen molar-refractivity contribution in [1.82, 2.24) is 5.32 Å². The summed E-state index contributed by atoms with van der Waals surface area (Å²) in [6.07, 6.45) is -1.68. The van der Waals surface area contributed by atoms with E-state index in [1.165, 1.54) is 0 Å². The fourth-order valence-corrected chi connectivity index (χ4v) is 2.13. The lowest BCUT2D eigenvalue weighted by molar-refractivity contribution is -0.179. The summed E-state index contributed by atoms with van der Waals surface area (Å²) >= 11 is 0. The summed E-state index contributed by atoms with van der Waals surface area (Å²) in [7, 11) is 0. The summed E-state index contributed by atoms with van der Waals surface area (Å²) in [6.45, 7) is 2.89. The molecule has 0 radical (unpaired) electrons. The SMILES string of the molecule is CC1(C)OC2C(O)CNC(=O)C2(CO)O1. The van der Waals surface area contributed by atoms with Gasteiger partial charge >= 0.3 is 0 Å². The first kappa shape index (κ1) is 10.8. The summed E-state index contributed by atoms with van der Waals surface area (Å²) < 4.78 is 10.9. The van der Waals surface area contributed by atoms with Crippen LogP contribution >= 0.6 is 0 Å². The number of carbonyl (C=O) groups is 1. The minimum absolute atomic E-state index is 0.116. The highest BCUT2D eigenvalue weighted by Crippen LogP contribution is 2.39. The molecule has 86 valence electrons. The fourth-order valence-electron chi connectivity index (χ4n) is 2.13. The Morgan fingerprint density at radius 3 is 2.80 bits per heavy atom. The van der Waals surface area contributed by atoms with Crippen LogP contribution in [0.25, 0.3) is 0 Å². The van der Waals surface area contributed by atoms with Crippen LogP contribution < -0.4 is 5.32 Å². The summed E-state index contributed by atoms with van der Waals surface area (Å²) in [5.74, 6) is -1.42. The number of aliphatic hydroxyl groups is 2.